The lowest BCUT2D eigenvalue weighted by molar-refractivity contribution is 0.449. The molecule has 3 rings (SSSR count). The molecule has 1 aromatic heterocycles. The predicted octanol–water partition coefficient (Wildman–Crippen LogP) is 5.38. The molecule has 0 fully saturated rings. The van der Waals surface area contributed by atoms with Gasteiger partial charge in [0, 0.05) is 29.4 Å². The monoisotopic (exact) mass is 338 g/mol. The van der Waals surface area contributed by atoms with Crippen LogP contribution in [0.15, 0.2) is 72.9 Å². The van der Waals surface area contributed by atoms with Crippen molar-refractivity contribution < 1.29 is 4.74 Å². The van der Waals surface area contributed by atoms with E-state index in [9.17, 15) is 0 Å². The van der Waals surface area contributed by atoms with Crippen LogP contribution in [0.4, 0.5) is 0 Å². The predicted molar refractivity (Wildman–Crippen MR) is 97.5 cm³/mol. The molecule has 0 amide bonds. The Morgan fingerprint density at radius 3 is 2.50 bits per heavy atom. The number of pyridine rings is 1. The van der Waals surface area contributed by atoms with Gasteiger partial charge in [-0.15, -0.1) is 0 Å². The van der Waals surface area contributed by atoms with E-state index in [1.807, 2.05) is 42.5 Å². The van der Waals surface area contributed by atoms with E-state index in [2.05, 4.69) is 29.4 Å². The maximum absolute atomic E-state index is 5.91. The molecule has 1 N–H and O–H groups in total. The van der Waals surface area contributed by atoms with Crippen molar-refractivity contribution in [2.75, 3.05) is 0 Å². The van der Waals surface area contributed by atoms with Gasteiger partial charge in [-0.25, -0.2) is 4.98 Å². The lowest BCUT2D eigenvalue weighted by Gasteiger charge is -2.16. The third-order valence-corrected chi connectivity index (χ3v) is 4.03. The summed E-state index contributed by atoms with van der Waals surface area (Å²) in [4.78, 5) is 4.35. The van der Waals surface area contributed by atoms with Gasteiger partial charge in [-0.2, -0.15) is 0 Å². The molecule has 1 atom stereocenters. The van der Waals surface area contributed by atoms with E-state index in [0.29, 0.717) is 17.4 Å². The number of nitrogens with zero attached hydrogens (tertiary/aromatic N) is 1. The number of rotatable bonds is 6. The molecule has 0 unspecified atom stereocenters. The van der Waals surface area contributed by atoms with Gasteiger partial charge in [-0.3, -0.25) is 0 Å². The first kappa shape index (κ1) is 16.5. The van der Waals surface area contributed by atoms with E-state index >= 15 is 0 Å². The van der Waals surface area contributed by atoms with Crippen molar-refractivity contribution in [1.82, 2.24) is 10.3 Å². The van der Waals surface area contributed by atoms with Crippen LogP contribution < -0.4 is 10.1 Å². The Balaban J connectivity index is 1.69. The SMILES string of the molecule is C[C@@H](NCc1cccnc1Oc1ccc(Cl)cc1)c1ccccc1. The molecule has 0 aliphatic rings. The number of ether oxygens (including phenoxy) is 1. The molecule has 3 aromatic rings. The molecule has 0 saturated carbocycles. The van der Waals surface area contributed by atoms with Gasteiger partial charge in [0.25, 0.3) is 0 Å². The zero-order valence-corrected chi connectivity index (χ0v) is 14.2. The quantitative estimate of drug-likeness (QED) is 0.655. The maximum atomic E-state index is 5.91. The van der Waals surface area contributed by atoms with Gasteiger partial charge in [0.05, 0.1) is 0 Å². The summed E-state index contributed by atoms with van der Waals surface area (Å²) in [7, 11) is 0. The van der Waals surface area contributed by atoms with Crippen LogP contribution in [0, 0.1) is 0 Å². The molecule has 0 spiro atoms. The standard InChI is InChI=1S/C20H19ClN2O/c1-15(16-6-3-2-4-7-16)23-14-17-8-5-13-22-20(17)24-19-11-9-18(21)10-12-19/h2-13,15,23H,14H2,1H3/t15-/m1/s1. The number of halogens is 1. The lowest BCUT2D eigenvalue weighted by atomic mass is 10.1. The molecule has 3 nitrogen and oxygen atoms in total. The van der Waals surface area contributed by atoms with Crippen LogP contribution in [-0.4, -0.2) is 4.98 Å². The summed E-state index contributed by atoms with van der Waals surface area (Å²) >= 11 is 5.91. The molecule has 0 bridgehead atoms. The van der Waals surface area contributed by atoms with E-state index < -0.39 is 0 Å². The van der Waals surface area contributed by atoms with Crippen LogP contribution in [0.25, 0.3) is 0 Å². The minimum atomic E-state index is 0.245. The smallest absolute Gasteiger partial charge is 0.223 e. The topological polar surface area (TPSA) is 34.2 Å². The number of hydrogen-bond donors (Lipinski definition) is 1. The molecule has 0 aliphatic carbocycles. The summed E-state index contributed by atoms with van der Waals surface area (Å²) in [6.45, 7) is 2.82. The molecule has 0 aliphatic heterocycles. The Labute approximate surface area is 147 Å². The minimum absolute atomic E-state index is 0.245. The Kier molecular flexibility index (Phi) is 5.47. The van der Waals surface area contributed by atoms with E-state index in [1.165, 1.54) is 5.56 Å². The highest BCUT2D eigenvalue weighted by Crippen LogP contribution is 2.24. The summed E-state index contributed by atoms with van der Waals surface area (Å²) < 4.78 is 5.89. The Morgan fingerprint density at radius 2 is 1.75 bits per heavy atom. The second-order valence-corrected chi connectivity index (χ2v) is 5.97. The normalized spacial score (nSPS) is 11.9. The van der Waals surface area contributed by atoms with Gasteiger partial charge in [-0.1, -0.05) is 48.0 Å². The largest absolute Gasteiger partial charge is 0.439 e. The van der Waals surface area contributed by atoms with Crippen molar-refractivity contribution in [2.45, 2.75) is 19.5 Å². The highest BCUT2D eigenvalue weighted by Gasteiger charge is 2.09. The Bertz CT molecular complexity index is 775. The summed E-state index contributed by atoms with van der Waals surface area (Å²) in [6, 6.07) is 21.8. The maximum Gasteiger partial charge on any atom is 0.223 e. The molecule has 122 valence electrons. The molecule has 0 radical (unpaired) electrons. The number of nitrogens with one attached hydrogen (secondary N) is 1. The molecule has 24 heavy (non-hydrogen) atoms. The van der Waals surface area contributed by atoms with E-state index in [4.69, 9.17) is 16.3 Å². The van der Waals surface area contributed by atoms with Crippen LogP contribution in [-0.2, 0) is 6.54 Å². The summed E-state index contributed by atoms with van der Waals surface area (Å²) in [6.07, 6.45) is 1.73. The first-order chi connectivity index (χ1) is 11.7. The van der Waals surface area contributed by atoms with E-state index in [0.717, 1.165) is 11.3 Å². The first-order valence-corrected chi connectivity index (χ1v) is 8.26. The van der Waals surface area contributed by atoms with Crippen LogP contribution in [0.5, 0.6) is 11.6 Å². The van der Waals surface area contributed by atoms with Gasteiger partial charge in [-0.05, 0) is 42.8 Å². The van der Waals surface area contributed by atoms with Gasteiger partial charge in [0.2, 0.25) is 5.88 Å². The highest BCUT2D eigenvalue weighted by molar-refractivity contribution is 6.30. The number of benzene rings is 2. The molecule has 1 heterocycles. The first-order valence-electron chi connectivity index (χ1n) is 7.88. The lowest BCUT2D eigenvalue weighted by Crippen LogP contribution is -2.18. The van der Waals surface area contributed by atoms with Crippen molar-refractivity contribution in [3.8, 4) is 11.6 Å². The minimum Gasteiger partial charge on any atom is -0.439 e. The summed E-state index contributed by atoms with van der Waals surface area (Å²) in [5, 5.41) is 4.19. The van der Waals surface area contributed by atoms with Crippen molar-refractivity contribution in [3.63, 3.8) is 0 Å². The average Bonchev–Trinajstić information content (AvgIpc) is 2.63. The van der Waals surface area contributed by atoms with E-state index in [1.54, 1.807) is 18.3 Å². The summed E-state index contributed by atoms with van der Waals surface area (Å²) in [5.41, 5.74) is 2.26. The zero-order chi connectivity index (χ0) is 16.8. The molecule has 2 aromatic carbocycles. The van der Waals surface area contributed by atoms with Crippen molar-refractivity contribution >= 4 is 11.6 Å². The van der Waals surface area contributed by atoms with Crippen molar-refractivity contribution in [2.24, 2.45) is 0 Å². The van der Waals surface area contributed by atoms with Crippen LogP contribution in [0.2, 0.25) is 5.02 Å². The van der Waals surface area contributed by atoms with Gasteiger partial charge < -0.3 is 10.1 Å². The average molecular weight is 339 g/mol. The van der Waals surface area contributed by atoms with Crippen LogP contribution in [0.3, 0.4) is 0 Å². The fraction of sp³-hybridized carbons (Fsp3) is 0.150. The fourth-order valence-corrected chi connectivity index (χ4v) is 2.51. The highest BCUT2D eigenvalue weighted by atomic mass is 35.5. The Morgan fingerprint density at radius 1 is 1.00 bits per heavy atom. The van der Waals surface area contributed by atoms with Gasteiger partial charge in [0.1, 0.15) is 5.75 Å². The van der Waals surface area contributed by atoms with E-state index in [-0.39, 0.29) is 6.04 Å². The van der Waals surface area contributed by atoms with Gasteiger partial charge in [0.15, 0.2) is 0 Å². The summed E-state index contributed by atoms with van der Waals surface area (Å²) in [5.74, 6) is 1.32. The second kappa shape index (κ2) is 7.95. The molecular formula is C20H19ClN2O. The number of aromatic nitrogens is 1. The van der Waals surface area contributed by atoms with Crippen molar-refractivity contribution in [1.29, 1.82) is 0 Å². The third kappa shape index (κ3) is 4.34. The molecule has 0 saturated heterocycles. The van der Waals surface area contributed by atoms with Gasteiger partial charge >= 0.3 is 0 Å². The zero-order valence-electron chi connectivity index (χ0n) is 13.4. The second-order valence-electron chi connectivity index (χ2n) is 5.54. The third-order valence-electron chi connectivity index (χ3n) is 3.78. The van der Waals surface area contributed by atoms with Crippen molar-refractivity contribution in [3.05, 3.63) is 89.1 Å². The number of hydrogen-bond acceptors (Lipinski definition) is 3. The Hall–Kier alpha value is -2.36. The van der Waals surface area contributed by atoms with Crippen LogP contribution in [0.1, 0.15) is 24.1 Å². The van der Waals surface area contributed by atoms with Crippen LogP contribution >= 0.6 is 11.6 Å². The molecular weight excluding hydrogens is 320 g/mol. The molecule has 4 heteroatoms. The fourth-order valence-electron chi connectivity index (χ4n) is 2.39.